The zero-order valence-electron chi connectivity index (χ0n) is 9.10. The molecule has 0 bridgehead atoms. The standard InChI is InChI=1S/C12H9BrFNO2S/c13-9-3-1-5-11(7-9)15-18(16,17)12-6-2-4-10(14)8-12/h1-8,15H. The molecule has 3 nitrogen and oxygen atoms in total. The Balaban J connectivity index is 2.33. The highest BCUT2D eigenvalue weighted by molar-refractivity contribution is 9.10. The van der Waals surface area contributed by atoms with Gasteiger partial charge in [-0.3, -0.25) is 4.72 Å². The van der Waals surface area contributed by atoms with Crippen molar-refractivity contribution in [3.63, 3.8) is 0 Å². The third-order valence-corrected chi connectivity index (χ3v) is 4.06. The Hall–Kier alpha value is -1.40. The Labute approximate surface area is 113 Å². The highest BCUT2D eigenvalue weighted by Gasteiger charge is 2.14. The molecule has 0 aliphatic rings. The van der Waals surface area contributed by atoms with Gasteiger partial charge < -0.3 is 0 Å². The average Bonchev–Trinajstić information content (AvgIpc) is 2.28. The summed E-state index contributed by atoms with van der Waals surface area (Å²) in [6.07, 6.45) is 0. The van der Waals surface area contributed by atoms with Crippen molar-refractivity contribution >= 4 is 31.6 Å². The second-order valence-corrected chi connectivity index (χ2v) is 6.17. The highest BCUT2D eigenvalue weighted by atomic mass is 79.9. The van der Waals surface area contributed by atoms with Crippen LogP contribution in [-0.4, -0.2) is 8.42 Å². The molecular weight excluding hydrogens is 321 g/mol. The molecule has 0 aliphatic heterocycles. The summed E-state index contributed by atoms with van der Waals surface area (Å²) in [4.78, 5) is -0.109. The monoisotopic (exact) mass is 329 g/mol. The number of anilines is 1. The van der Waals surface area contributed by atoms with Crippen LogP contribution < -0.4 is 4.72 Å². The van der Waals surface area contributed by atoms with Crippen LogP contribution in [0.15, 0.2) is 57.9 Å². The molecule has 2 aromatic carbocycles. The Morgan fingerprint density at radius 3 is 2.44 bits per heavy atom. The molecule has 0 unspecified atom stereocenters. The van der Waals surface area contributed by atoms with Gasteiger partial charge in [0, 0.05) is 10.2 Å². The Morgan fingerprint density at radius 1 is 1.06 bits per heavy atom. The molecule has 0 amide bonds. The smallest absolute Gasteiger partial charge is 0.261 e. The van der Waals surface area contributed by atoms with E-state index in [0.717, 1.165) is 10.5 Å². The lowest BCUT2D eigenvalue weighted by Gasteiger charge is -2.08. The molecule has 0 saturated carbocycles. The summed E-state index contributed by atoms with van der Waals surface area (Å²) in [6, 6.07) is 11.6. The van der Waals surface area contributed by atoms with Crippen LogP contribution >= 0.6 is 15.9 Å². The van der Waals surface area contributed by atoms with Gasteiger partial charge in [-0.15, -0.1) is 0 Å². The van der Waals surface area contributed by atoms with Crippen LogP contribution in [0.1, 0.15) is 0 Å². The number of rotatable bonds is 3. The van der Waals surface area contributed by atoms with E-state index in [2.05, 4.69) is 20.7 Å². The van der Waals surface area contributed by atoms with Crippen LogP contribution in [0.5, 0.6) is 0 Å². The number of nitrogens with one attached hydrogen (secondary N) is 1. The molecule has 0 aromatic heterocycles. The first-order valence-corrected chi connectivity index (χ1v) is 7.29. The van der Waals surface area contributed by atoms with E-state index >= 15 is 0 Å². The predicted molar refractivity (Wildman–Crippen MR) is 71.4 cm³/mol. The molecule has 0 heterocycles. The second-order valence-electron chi connectivity index (χ2n) is 3.57. The molecule has 0 spiro atoms. The zero-order valence-corrected chi connectivity index (χ0v) is 11.5. The highest BCUT2D eigenvalue weighted by Crippen LogP contribution is 2.20. The zero-order chi connectivity index (χ0) is 13.2. The van der Waals surface area contributed by atoms with Crippen molar-refractivity contribution in [1.29, 1.82) is 0 Å². The largest absolute Gasteiger partial charge is 0.280 e. The van der Waals surface area contributed by atoms with Gasteiger partial charge in [0.25, 0.3) is 10.0 Å². The van der Waals surface area contributed by atoms with Crippen LogP contribution in [0.4, 0.5) is 10.1 Å². The van der Waals surface area contributed by atoms with Gasteiger partial charge in [0.1, 0.15) is 5.82 Å². The van der Waals surface area contributed by atoms with Gasteiger partial charge in [0.2, 0.25) is 0 Å². The van der Waals surface area contributed by atoms with Crippen molar-refractivity contribution in [1.82, 2.24) is 0 Å². The summed E-state index contributed by atoms with van der Waals surface area (Å²) in [7, 11) is -3.76. The molecule has 94 valence electrons. The Bertz CT molecular complexity index is 673. The minimum absolute atomic E-state index is 0.109. The number of sulfonamides is 1. The number of benzene rings is 2. The first-order chi connectivity index (χ1) is 8.47. The van der Waals surface area contributed by atoms with E-state index in [1.165, 1.54) is 18.2 Å². The molecule has 0 fully saturated rings. The van der Waals surface area contributed by atoms with Crippen molar-refractivity contribution in [3.8, 4) is 0 Å². The van der Waals surface area contributed by atoms with Crippen LogP contribution in [0.25, 0.3) is 0 Å². The molecule has 2 aromatic rings. The van der Waals surface area contributed by atoms with Gasteiger partial charge in [0.05, 0.1) is 4.90 Å². The quantitative estimate of drug-likeness (QED) is 0.938. The fourth-order valence-electron chi connectivity index (χ4n) is 1.40. The van der Waals surface area contributed by atoms with Crippen LogP contribution in [-0.2, 0) is 10.0 Å². The number of hydrogen-bond acceptors (Lipinski definition) is 2. The van der Waals surface area contributed by atoms with E-state index in [9.17, 15) is 12.8 Å². The van der Waals surface area contributed by atoms with Gasteiger partial charge in [-0.05, 0) is 36.4 Å². The molecule has 2 rings (SSSR count). The molecule has 0 radical (unpaired) electrons. The lowest BCUT2D eigenvalue weighted by molar-refractivity contribution is 0.595. The van der Waals surface area contributed by atoms with Crippen molar-refractivity contribution in [3.05, 3.63) is 58.8 Å². The molecule has 0 aliphatic carbocycles. The van der Waals surface area contributed by atoms with E-state index in [1.807, 2.05) is 0 Å². The van der Waals surface area contributed by atoms with Crippen molar-refractivity contribution in [2.45, 2.75) is 4.90 Å². The van der Waals surface area contributed by atoms with E-state index in [-0.39, 0.29) is 4.90 Å². The van der Waals surface area contributed by atoms with Gasteiger partial charge in [-0.2, -0.15) is 0 Å². The van der Waals surface area contributed by atoms with Crippen molar-refractivity contribution in [2.24, 2.45) is 0 Å². The normalized spacial score (nSPS) is 11.2. The minimum Gasteiger partial charge on any atom is -0.280 e. The SMILES string of the molecule is O=S(=O)(Nc1cccc(Br)c1)c1cccc(F)c1. The van der Waals surface area contributed by atoms with Crippen molar-refractivity contribution in [2.75, 3.05) is 4.72 Å². The third-order valence-electron chi connectivity index (χ3n) is 2.18. The molecule has 1 N–H and O–H groups in total. The predicted octanol–water partition coefficient (Wildman–Crippen LogP) is 3.39. The fraction of sp³-hybridized carbons (Fsp3) is 0. The molecule has 0 atom stereocenters. The summed E-state index contributed by atoms with van der Waals surface area (Å²) in [5.74, 6) is -0.591. The number of hydrogen-bond donors (Lipinski definition) is 1. The summed E-state index contributed by atoms with van der Waals surface area (Å²) in [5, 5.41) is 0. The first-order valence-electron chi connectivity index (χ1n) is 5.01. The fourth-order valence-corrected chi connectivity index (χ4v) is 2.88. The van der Waals surface area contributed by atoms with Gasteiger partial charge in [-0.25, -0.2) is 12.8 Å². The summed E-state index contributed by atoms with van der Waals surface area (Å²) in [5.41, 5.74) is 0.411. The van der Waals surface area contributed by atoms with Crippen molar-refractivity contribution < 1.29 is 12.8 Å². The van der Waals surface area contributed by atoms with Gasteiger partial charge >= 0.3 is 0 Å². The maximum Gasteiger partial charge on any atom is 0.261 e. The summed E-state index contributed by atoms with van der Waals surface area (Å²) < 4.78 is 40.1. The molecule has 6 heteroatoms. The maximum absolute atomic E-state index is 13.0. The maximum atomic E-state index is 13.0. The van der Waals surface area contributed by atoms with E-state index in [0.29, 0.717) is 5.69 Å². The molecule has 0 saturated heterocycles. The first kappa shape index (κ1) is 13.0. The lowest BCUT2D eigenvalue weighted by Crippen LogP contribution is -2.13. The lowest BCUT2D eigenvalue weighted by atomic mass is 10.3. The average molecular weight is 330 g/mol. The van der Waals surface area contributed by atoms with E-state index in [4.69, 9.17) is 0 Å². The van der Waals surface area contributed by atoms with Gasteiger partial charge in [0.15, 0.2) is 0 Å². The Kier molecular flexibility index (Phi) is 3.68. The third kappa shape index (κ3) is 3.08. The van der Waals surface area contributed by atoms with E-state index < -0.39 is 15.8 Å². The van der Waals surface area contributed by atoms with Crippen LogP contribution in [0.3, 0.4) is 0 Å². The second kappa shape index (κ2) is 5.07. The number of halogens is 2. The summed E-state index contributed by atoms with van der Waals surface area (Å²) >= 11 is 3.24. The van der Waals surface area contributed by atoms with Gasteiger partial charge in [-0.1, -0.05) is 28.1 Å². The summed E-state index contributed by atoms with van der Waals surface area (Å²) in [6.45, 7) is 0. The van der Waals surface area contributed by atoms with E-state index in [1.54, 1.807) is 24.3 Å². The Morgan fingerprint density at radius 2 is 1.78 bits per heavy atom. The molecular formula is C12H9BrFNO2S. The molecule has 18 heavy (non-hydrogen) atoms. The van der Waals surface area contributed by atoms with Crippen LogP contribution in [0, 0.1) is 5.82 Å². The minimum atomic E-state index is -3.76. The van der Waals surface area contributed by atoms with Crippen LogP contribution in [0.2, 0.25) is 0 Å². The topological polar surface area (TPSA) is 46.2 Å².